The van der Waals surface area contributed by atoms with Crippen LogP contribution in [0.3, 0.4) is 0 Å². The van der Waals surface area contributed by atoms with Gasteiger partial charge >= 0.3 is 0 Å². The molecule has 0 aliphatic heterocycles. The van der Waals surface area contributed by atoms with Crippen molar-refractivity contribution in [1.82, 2.24) is 4.90 Å². The van der Waals surface area contributed by atoms with Crippen LogP contribution < -0.4 is 0 Å². The maximum absolute atomic E-state index is 12.3. The number of hydrogen-bond acceptors (Lipinski definition) is 3. The second-order valence-corrected chi connectivity index (χ2v) is 7.57. The Morgan fingerprint density at radius 1 is 1.35 bits per heavy atom. The highest BCUT2D eigenvalue weighted by Crippen LogP contribution is 2.27. The van der Waals surface area contributed by atoms with E-state index in [4.69, 9.17) is 22.3 Å². The maximum atomic E-state index is 12.3. The fourth-order valence-corrected chi connectivity index (χ4v) is 3.34. The number of carbonyl (C=O) groups excluding carboxylic acids is 1. The minimum Gasteiger partial charge on any atom is -0.342 e. The van der Waals surface area contributed by atoms with Crippen molar-refractivity contribution in [1.29, 1.82) is 0 Å². The Kier molecular flexibility index (Phi) is 5.86. The second-order valence-electron chi connectivity index (χ2n) is 4.59. The Morgan fingerprint density at radius 2 is 1.95 bits per heavy atom. The van der Waals surface area contributed by atoms with Gasteiger partial charge in [-0.1, -0.05) is 24.9 Å². The molecule has 4 nitrogen and oxygen atoms in total. The highest BCUT2D eigenvalue weighted by Gasteiger charge is 2.22. The smallest absolute Gasteiger partial charge is 0.261 e. The zero-order valence-electron chi connectivity index (χ0n) is 11.6. The topological polar surface area (TPSA) is 54.5 Å². The Hall–Kier alpha value is -0.780. The van der Waals surface area contributed by atoms with Crippen LogP contribution >= 0.6 is 22.3 Å². The molecule has 0 aromatic heterocycles. The van der Waals surface area contributed by atoms with Gasteiger partial charge in [0.05, 0.1) is 4.90 Å². The fraction of sp³-hybridized carbons (Fsp3) is 0.462. The minimum absolute atomic E-state index is 0.126. The first-order chi connectivity index (χ1) is 9.18. The Bertz CT molecular complexity index is 614. The molecule has 20 heavy (non-hydrogen) atoms. The summed E-state index contributed by atoms with van der Waals surface area (Å²) in [6, 6.07) is 2.72. The third-order valence-corrected chi connectivity index (χ3v) is 4.68. The molecule has 0 saturated heterocycles. The van der Waals surface area contributed by atoms with Gasteiger partial charge in [0.1, 0.15) is 0 Å². The summed E-state index contributed by atoms with van der Waals surface area (Å²) in [5.74, 6) is -0.264. The quantitative estimate of drug-likeness (QED) is 0.773. The SMILES string of the molecule is CCCCN(C)C(=O)c1cc(Cl)cc(S(=O)(=O)Cl)c1C. The van der Waals surface area contributed by atoms with Gasteiger partial charge < -0.3 is 4.90 Å². The van der Waals surface area contributed by atoms with Gasteiger partial charge in [0.2, 0.25) is 0 Å². The van der Waals surface area contributed by atoms with Gasteiger partial charge in [0.15, 0.2) is 0 Å². The molecule has 1 aromatic rings. The molecule has 0 aliphatic rings. The monoisotopic (exact) mass is 337 g/mol. The average Bonchev–Trinajstić information content (AvgIpc) is 2.36. The van der Waals surface area contributed by atoms with E-state index in [-0.39, 0.29) is 21.4 Å². The summed E-state index contributed by atoms with van der Waals surface area (Å²) in [7, 11) is 3.10. The number of carbonyl (C=O) groups is 1. The summed E-state index contributed by atoms with van der Waals surface area (Å²) in [5.41, 5.74) is 0.577. The lowest BCUT2D eigenvalue weighted by atomic mass is 10.1. The number of unbranched alkanes of at least 4 members (excludes halogenated alkanes) is 1. The largest absolute Gasteiger partial charge is 0.342 e. The molecule has 0 saturated carbocycles. The highest BCUT2D eigenvalue weighted by molar-refractivity contribution is 8.13. The van der Waals surface area contributed by atoms with Crippen LogP contribution in [0.5, 0.6) is 0 Å². The number of nitrogens with zero attached hydrogens (tertiary/aromatic N) is 1. The predicted molar refractivity (Wildman–Crippen MR) is 81.1 cm³/mol. The normalized spacial score (nSPS) is 11.4. The van der Waals surface area contributed by atoms with Crippen LogP contribution in [0.2, 0.25) is 5.02 Å². The molecule has 1 rings (SSSR count). The summed E-state index contributed by atoms with van der Waals surface area (Å²) in [4.78, 5) is 13.8. The lowest BCUT2D eigenvalue weighted by Gasteiger charge is -2.19. The van der Waals surface area contributed by atoms with Gasteiger partial charge in [-0.05, 0) is 31.0 Å². The van der Waals surface area contributed by atoms with E-state index in [9.17, 15) is 13.2 Å². The third kappa shape index (κ3) is 4.11. The molecule has 112 valence electrons. The van der Waals surface area contributed by atoms with Crippen molar-refractivity contribution in [3.8, 4) is 0 Å². The van der Waals surface area contributed by atoms with E-state index in [0.29, 0.717) is 12.1 Å². The van der Waals surface area contributed by atoms with Gasteiger partial charge in [0, 0.05) is 34.9 Å². The van der Waals surface area contributed by atoms with Crippen LogP contribution in [-0.4, -0.2) is 32.8 Å². The standard InChI is InChI=1S/C13H17Cl2NO3S/c1-4-5-6-16(3)13(17)11-7-10(14)8-12(9(11)2)20(15,18)19/h7-8H,4-6H2,1-3H3. The zero-order chi connectivity index (χ0) is 15.5. The molecule has 0 spiro atoms. The van der Waals surface area contributed by atoms with Crippen LogP contribution in [0.25, 0.3) is 0 Å². The summed E-state index contributed by atoms with van der Waals surface area (Å²) in [6.07, 6.45) is 1.84. The molecule has 1 aromatic carbocycles. The van der Waals surface area contributed by atoms with E-state index in [1.807, 2.05) is 6.92 Å². The molecule has 0 bridgehead atoms. The summed E-state index contributed by atoms with van der Waals surface area (Å²) in [5, 5.41) is 0.169. The molecule has 1 amide bonds. The number of rotatable bonds is 5. The molecule has 0 unspecified atom stereocenters. The Morgan fingerprint density at radius 3 is 2.45 bits per heavy atom. The number of benzene rings is 1. The van der Waals surface area contributed by atoms with Crippen LogP contribution in [-0.2, 0) is 9.05 Å². The number of amides is 1. The van der Waals surface area contributed by atoms with E-state index >= 15 is 0 Å². The molecule has 7 heteroatoms. The minimum atomic E-state index is -3.94. The van der Waals surface area contributed by atoms with Crippen molar-refractivity contribution in [3.05, 3.63) is 28.3 Å². The lowest BCUT2D eigenvalue weighted by molar-refractivity contribution is 0.0792. The molecule has 0 heterocycles. The van der Waals surface area contributed by atoms with Crippen molar-refractivity contribution in [2.24, 2.45) is 0 Å². The highest BCUT2D eigenvalue weighted by atomic mass is 35.7. The van der Waals surface area contributed by atoms with Crippen LogP contribution in [0, 0.1) is 6.92 Å². The molecule has 0 radical (unpaired) electrons. The van der Waals surface area contributed by atoms with Crippen molar-refractivity contribution in [2.75, 3.05) is 13.6 Å². The molecule has 0 N–H and O–H groups in total. The van der Waals surface area contributed by atoms with Gasteiger partial charge in [-0.2, -0.15) is 0 Å². The van der Waals surface area contributed by atoms with Crippen molar-refractivity contribution < 1.29 is 13.2 Å². The molecule has 0 aliphatic carbocycles. The second kappa shape index (κ2) is 6.78. The van der Waals surface area contributed by atoms with E-state index in [0.717, 1.165) is 12.8 Å². The average molecular weight is 338 g/mol. The van der Waals surface area contributed by atoms with Gasteiger partial charge in [0.25, 0.3) is 15.0 Å². The van der Waals surface area contributed by atoms with Crippen molar-refractivity contribution in [2.45, 2.75) is 31.6 Å². The van der Waals surface area contributed by atoms with Crippen LogP contribution in [0.15, 0.2) is 17.0 Å². The van der Waals surface area contributed by atoms with Crippen molar-refractivity contribution in [3.63, 3.8) is 0 Å². The first kappa shape index (κ1) is 17.3. The third-order valence-electron chi connectivity index (χ3n) is 3.01. The molecule has 0 fully saturated rings. The van der Waals surface area contributed by atoms with Gasteiger partial charge in [-0.3, -0.25) is 4.79 Å². The fourth-order valence-electron chi connectivity index (χ4n) is 1.83. The number of hydrogen-bond donors (Lipinski definition) is 0. The number of halogens is 2. The molecular weight excluding hydrogens is 321 g/mol. The van der Waals surface area contributed by atoms with E-state index in [1.54, 1.807) is 18.9 Å². The first-order valence-corrected chi connectivity index (χ1v) is 8.87. The van der Waals surface area contributed by atoms with Gasteiger partial charge in [-0.15, -0.1) is 0 Å². The first-order valence-electron chi connectivity index (χ1n) is 6.18. The Balaban J connectivity index is 3.26. The van der Waals surface area contributed by atoms with Gasteiger partial charge in [-0.25, -0.2) is 8.42 Å². The summed E-state index contributed by atoms with van der Waals surface area (Å²) >= 11 is 5.89. The molecule has 0 atom stereocenters. The van der Waals surface area contributed by atoms with Crippen LogP contribution in [0.1, 0.15) is 35.7 Å². The van der Waals surface area contributed by atoms with Crippen molar-refractivity contribution >= 4 is 37.2 Å². The summed E-state index contributed by atoms with van der Waals surface area (Å²) < 4.78 is 23.0. The predicted octanol–water partition coefficient (Wildman–Crippen LogP) is 3.45. The van der Waals surface area contributed by atoms with Crippen LogP contribution in [0.4, 0.5) is 0 Å². The maximum Gasteiger partial charge on any atom is 0.261 e. The Labute approximate surface area is 129 Å². The van der Waals surface area contributed by atoms with E-state index in [1.165, 1.54) is 12.1 Å². The van der Waals surface area contributed by atoms with E-state index in [2.05, 4.69) is 0 Å². The van der Waals surface area contributed by atoms with E-state index < -0.39 is 9.05 Å². The zero-order valence-corrected chi connectivity index (χ0v) is 13.9. The summed E-state index contributed by atoms with van der Waals surface area (Å²) in [6.45, 7) is 4.18. The molecular formula is C13H17Cl2NO3S. The lowest BCUT2D eigenvalue weighted by Crippen LogP contribution is -2.28.